The summed E-state index contributed by atoms with van der Waals surface area (Å²) in [5.74, 6) is -1.22. The first-order valence-corrected chi connectivity index (χ1v) is 6.13. The Hall–Kier alpha value is -2.90. The van der Waals surface area contributed by atoms with Crippen molar-refractivity contribution < 1.29 is 19.1 Å². The predicted octanol–water partition coefficient (Wildman–Crippen LogP) is 0.813. The summed E-state index contributed by atoms with van der Waals surface area (Å²) < 4.78 is 10.7. The lowest BCUT2D eigenvalue weighted by Crippen LogP contribution is -2.09. The number of nitrogens with zero attached hydrogens (tertiary/aromatic N) is 3. The normalized spacial score (nSPS) is 10.2. The van der Waals surface area contributed by atoms with Crippen LogP contribution in [-0.4, -0.2) is 40.4 Å². The van der Waals surface area contributed by atoms with Gasteiger partial charge >= 0.3 is 11.9 Å². The van der Waals surface area contributed by atoms with E-state index in [-0.39, 0.29) is 12.4 Å². The fraction of sp³-hybridized carbons (Fsp3) is 0.231. The Balaban J connectivity index is 2.39. The molecule has 0 aliphatic rings. The van der Waals surface area contributed by atoms with Crippen molar-refractivity contribution in [1.29, 1.82) is 0 Å². The van der Waals surface area contributed by atoms with Gasteiger partial charge in [0.1, 0.15) is 6.33 Å². The molecule has 21 heavy (non-hydrogen) atoms. The van der Waals surface area contributed by atoms with Crippen LogP contribution in [0.1, 0.15) is 27.9 Å². The highest BCUT2D eigenvalue weighted by Crippen LogP contribution is 2.19. The number of benzene rings is 1. The molecule has 2 N–H and O–H groups in total. The summed E-state index contributed by atoms with van der Waals surface area (Å²) >= 11 is 0. The highest BCUT2D eigenvalue weighted by atomic mass is 16.5. The Morgan fingerprint density at radius 3 is 2.76 bits per heavy atom. The fourth-order valence-corrected chi connectivity index (χ4v) is 1.65. The average molecular weight is 290 g/mol. The molecule has 0 spiro atoms. The number of esters is 2. The summed E-state index contributed by atoms with van der Waals surface area (Å²) in [5.41, 5.74) is 6.98. The second-order valence-electron chi connectivity index (χ2n) is 4.00. The highest BCUT2D eigenvalue weighted by molar-refractivity contribution is 5.91. The molecule has 0 radical (unpaired) electrons. The first-order chi connectivity index (χ1) is 10.1. The number of hydrogen-bond donors (Lipinski definition) is 1. The van der Waals surface area contributed by atoms with Crippen LogP contribution in [-0.2, 0) is 9.47 Å². The van der Waals surface area contributed by atoms with Gasteiger partial charge in [0.25, 0.3) is 5.82 Å². The highest BCUT2D eigenvalue weighted by Gasteiger charge is 2.15. The van der Waals surface area contributed by atoms with Crippen LogP contribution in [0.2, 0.25) is 0 Å². The third kappa shape index (κ3) is 2.99. The van der Waals surface area contributed by atoms with Crippen LogP contribution < -0.4 is 5.73 Å². The van der Waals surface area contributed by atoms with Gasteiger partial charge in [-0.2, -0.15) is 0 Å². The average Bonchev–Trinajstić information content (AvgIpc) is 2.96. The van der Waals surface area contributed by atoms with Gasteiger partial charge in [0.15, 0.2) is 0 Å². The molecule has 0 bridgehead atoms. The Kier molecular flexibility index (Phi) is 4.17. The molecule has 8 heteroatoms. The van der Waals surface area contributed by atoms with Crippen LogP contribution in [0.5, 0.6) is 0 Å². The zero-order valence-corrected chi connectivity index (χ0v) is 11.6. The molecule has 0 atom stereocenters. The number of nitrogens with two attached hydrogens (primary N) is 1. The van der Waals surface area contributed by atoms with Gasteiger partial charge in [-0.05, 0) is 25.1 Å². The van der Waals surface area contributed by atoms with Crippen molar-refractivity contribution in [2.45, 2.75) is 6.92 Å². The predicted molar refractivity (Wildman–Crippen MR) is 73.1 cm³/mol. The zero-order valence-electron chi connectivity index (χ0n) is 11.6. The molecule has 2 rings (SSSR count). The molecular formula is C13H14N4O4. The third-order valence-electron chi connectivity index (χ3n) is 2.65. The molecule has 8 nitrogen and oxygen atoms in total. The van der Waals surface area contributed by atoms with E-state index in [0.717, 1.165) is 0 Å². The van der Waals surface area contributed by atoms with Crippen LogP contribution >= 0.6 is 0 Å². The number of anilines is 1. The molecule has 0 aliphatic heterocycles. The van der Waals surface area contributed by atoms with Gasteiger partial charge in [0, 0.05) is 0 Å². The topological polar surface area (TPSA) is 109 Å². The lowest BCUT2D eigenvalue weighted by atomic mass is 10.2. The fourth-order valence-electron chi connectivity index (χ4n) is 1.65. The van der Waals surface area contributed by atoms with Crippen molar-refractivity contribution >= 4 is 17.6 Å². The van der Waals surface area contributed by atoms with Crippen LogP contribution in [0, 0.1) is 0 Å². The van der Waals surface area contributed by atoms with Crippen molar-refractivity contribution in [3.63, 3.8) is 0 Å². The molecular weight excluding hydrogens is 276 g/mol. The smallest absolute Gasteiger partial charge is 0.377 e. The number of aromatic nitrogens is 3. The standard InChI is InChI=1S/C13H14N4O4/c1-3-21-12(18)8-4-5-9(14)10(6-8)17-7-15-11(16-17)13(19)20-2/h4-7H,3,14H2,1-2H3. The Morgan fingerprint density at radius 2 is 2.10 bits per heavy atom. The molecule has 0 amide bonds. The number of hydrogen-bond acceptors (Lipinski definition) is 7. The molecule has 1 aromatic heterocycles. The maximum atomic E-state index is 11.7. The van der Waals surface area contributed by atoms with E-state index in [1.54, 1.807) is 19.1 Å². The summed E-state index contributed by atoms with van der Waals surface area (Å²) in [6.45, 7) is 1.99. The van der Waals surface area contributed by atoms with Gasteiger partial charge in [0.05, 0.1) is 30.7 Å². The van der Waals surface area contributed by atoms with Crippen LogP contribution in [0.3, 0.4) is 0 Å². The van der Waals surface area contributed by atoms with E-state index in [0.29, 0.717) is 16.9 Å². The van der Waals surface area contributed by atoms with E-state index in [9.17, 15) is 9.59 Å². The minimum absolute atomic E-state index is 0.0987. The lowest BCUT2D eigenvalue weighted by molar-refractivity contribution is 0.0525. The first-order valence-electron chi connectivity index (χ1n) is 6.13. The number of nitrogen functional groups attached to an aromatic ring is 1. The molecule has 110 valence electrons. The van der Waals surface area contributed by atoms with Gasteiger partial charge < -0.3 is 15.2 Å². The molecule has 0 unspecified atom stereocenters. The number of methoxy groups -OCH3 is 1. The van der Waals surface area contributed by atoms with Gasteiger partial charge in [-0.3, -0.25) is 0 Å². The van der Waals surface area contributed by atoms with Crippen LogP contribution in [0.25, 0.3) is 5.69 Å². The maximum Gasteiger partial charge on any atom is 0.377 e. The Morgan fingerprint density at radius 1 is 1.33 bits per heavy atom. The second kappa shape index (κ2) is 6.04. The maximum absolute atomic E-state index is 11.7. The van der Waals surface area contributed by atoms with Gasteiger partial charge in [-0.1, -0.05) is 0 Å². The van der Waals surface area contributed by atoms with E-state index in [1.165, 1.54) is 24.2 Å². The quantitative estimate of drug-likeness (QED) is 0.655. The summed E-state index contributed by atoms with van der Waals surface area (Å²) in [4.78, 5) is 26.9. The van der Waals surface area contributed by atoms with Gasteiger partial charge in [0.2, 0.25) is 0 Å². The number of carbonyl (C=O) groups is 2. The minimum Gasteiger partial charge on any atom is -0.463 e. The van der Waals surface area contributed by atoms with Crippen molar-refractivity contribution in [2.75, 3.05) is 19.5 Å². The summed E-state index contributed by atoms with van der Waals surface area (Å²) in [7, 11) is 1.23. The van der Waals surface area contributed by atoms with E-state index in [4.69, 9.17) is 10.5 Å². The summed E-state index contributed by atoms with van der Waals surface area (Å²) in [6, 6.07) is 4.62. The monoisotopic (exact) mass is 290 g/mol. The van der Waals surface area contributed by atoms with E-state index in [1.807, 2.05) is 0 Å². The third-order valence-corrected chi connectivity index (χ3v) is 2.65. The molecule has 0 saturated heterocycles. The van der Waals surface area contributed by atoms with Crippen molar-refractivity contribution in [1.82, 2.24) is 14.8 Å². The number of rotatable bonds is 4. The number of carbonyl (C=O) groups excluding carboxylic acids is 2. The van der Waals surface area contributed by atoms with Crippen molar-refractivity contribution in [3.8, 4) is 5.69 Å². The summed E-state index contributed by atoms with van der Waals surface area (Å²) in [5, 5.41) is 3.96. The zero-order chi connectivity index (χ0) is 15.4. The molecule has 2 aromatic rings. The lowest BCUT2D eigenvalue weighted by Gasteiger charge is -2.07. The molecule has 0 fully saturated rings. The second-order valence-corrected chi connectivity index (χ2v) is 4.00. The minimum atomic E-state index is -0.658. The SMILES string of the molecule is CCOC(=O)c1ccc(N)c(-n2cnc(C(=O)OC)n2)c1. The van der Waals surface area contributed by atoms with Crippen LogP contribution in [0.4, 0.5) is 5.69 Å². The molecule has 1 heterocycles. The van der Waals surface area contributed by atoms with Gasteiger partial charge in [-0.15, -0.1) is 5.10 Å². The number of ether oxygens (including phenoxy) is 2. The Labute approximate surface area is 120 Å². The van der Waals surface area contributed by atoms with Gasteiger partial charge in [-0.25, -0.2) is 19.3 Å². The van der Waals surface area contributed by atoms with E-state index in [2.05, 4.69) is 14.8 Å². The van der Waals surface area contributed by atoms with E-state index >= 15 is 0 Å². The van der Waals surface area contributed by atoms with E-state index < -0.39 is 11.9 Å². The largest absolute Gasteiger partial charge is 0.463 e. The van der Waals surface area contributed by atoms with Crippen molar-refractivity contribution in [3.05, 3.63) is 35.9 Å². The van der Waals surface area contributed by atoms with Crippen molar-refractivity contribution in [2.24, 2.45) is 0 Å². The molecule has 1 aromatic carbocycles. The first kappa shape index (κ1) is 14.5. The van der Waals surface area contributed by atoms with Crippen LogP contribution in [0.15, 0.2) is 24.5 Å². The Bertz CT molecular complexity index is 681. The molecule has 0 aliphatic carbocycles. The summed E-state index contributed by atoms with van der Waals surface area (Å²) in [6.07, 6.45) is 1.31. The molecule has 0 saturated carbocycles.